The van der Waals surface area contributed by atoms with E-state index in [0.717, 1.165) is 5.56 Å². The van der Waals surface area contributed by atoms with E-state index in [0.29, 0.717) is 12.4 Å². The summed E-state index contributed by atoms with van der Waals surface area (Å²) >= 11 is 0. The maximum Gasteiger partial charge on any atom is 0.251 e. The SMILES string of the molecule is CN(Cc1cccnc1NN)CC(F)F. The lowest BCUT2D eigenvalue weighted by Crippen LogP contribution is -2.25. The standard InChI is InChI=1S/C9H14F2N4/c1-15(6-8(10)11)5-7-3-2-4-13-9(7)14-12/h2-4,8H,5-6,12H2,1H3,(H,13,14). The molecule has 0 aliphatic heterocycles. The Hall–Kier alpha value is -1.27. The van der Waals surface area contributed by atoms with Crippen LogP contribution in [0.2, 0.25) is 0 Å². The molecule has 0 atom stereocenters. The van der Waals surface area contributed by atoms with Gasteiger partial charge in [-0.25, -0.2) is 19.6 Å². The molecule has 0 aromatic carbocycles. The lowest BCUT2D eigenvalue weighted by molar-refractivity contribution is 0.0976. The Balaban J connectivity index is 2.63. The van der Waals surface area contributed by atoms with Gasteiger partial charge in [0.15, 0.2) is 0 Å². The molecule has 0 aliphatic rings. The fourth-order valence-corrected chi connectivity index (χ4v) is 1.29. The van der Waals surface area contributed by atoms with Crippen molar-refractivity contribution >= 4 is 5.82 Å². The van der Waals surface area contributed by atoms with Crippen molar-refractivity contribution in [3.05, 3.63) is 23.9 Å². The lowest BCUT2D eigenvalue weighted by atomic mass is 10.2. The van der Waals surface area contributed by atoms with E-state index >= 15 is 0 Å². The smallest absolute Gasteiger partial charge is 0.251 e. The molecule has 0 radical (unpaired) electrons. The molecular weight excluding hydrogens is 202 g/mol. The predicted molar refractivity (Wildman–Crippen MR) is 54.4 cm³/mol. The van der Waals surface area contributed by atoms with E-state index in [4.69, 9.17) is 5.84 Å². The van der Waals surface area contributed by atoms with Crippen LogP contribution in [-0.2, 0) is 6.54 Å². The second kappa shape index (κ2) is 5.57. The van der Waals surface area contributed by atoms with Gasteiger partial charge in [0.2, 0.25) is 0 Å². The second-order valence-corrected chi connectivity index (χ2v) is 3.24. The highest BCUT2D eigenvalue weighted by Crippen LogP contribution is 2.12. The quantitative estimate of drug-likeness (QED) is 0.571. The molecule has 0 unspecified atom stereocenters. The Morgan fingerprint density at radius 2 is 2.33 bits per heavy atom. The van der Waals surface area contributed by atoms with E-state index in [2.05, 4.69) is 10.4 Å². The zero-order valence-electron chi connectivity index (χ0n) is 8.45. The fraction of sp³-hybridized carbons (Fsp3) is 0.444. The van der Waals surface area contributed by atoms with Gasteiger partial charge >= 0.3 is 0 Å². The maximum atomic E-state index is 12.1. The molecule has 1 heterocycles. The molecular formula is C9H14F2N4. The summed E-state index contributed by atoms with van der Waals surface area (Å²) in [4.78, 5) is 5.50. The second-order valence-electron chi connectivity index (χ2n) is 3.24. The van der Waals surface area contributed by atoms with Gasteiger partial charge in [-0.3, -0.25) is 4.90 Å². The Kier molecular flexibility index (Phi) is 4.38. The van der Waals surface area contributed by atoms with E-state index in [-0.39, 0.29) is 6.54 Å². The summed E-state index contributed by atoms with van der Waals surface area (Å²) in [5, 5.41) is 0. The first-order valence-corrected chi connectivity index (χ1v) is 4.50. The third kappa shape index (κ3) is 3.77. The van der Waals surface area contributed by atoms with Gasteiger partial charge in [-0.1, -0.05) is 6.07 Å². The van der Waals surface area contributed by atoms with Gasteiger partial charge in [0.25, 0.3) is 6.43 Å². The summed E-state index contributed by atoms with van der Waals surface area (Å²) in [6.45, 7) is 0.122. The van der Waals surface area contributed by atoms with Gasteiger partial charge in [0.1, 0.15) is 5.82 Å². The zero-order valence-corrected chi connectivity index (χ0v) is 8.45. The number of nitrogens with zero attached hydrogens (tertiary/aromatic N) is 2. The van der Waals surface area contributed by atoms with E-state index < -0.39 is 6.43 Å². The molecule has 3 N–H and O–H groups in total. The lowest BCUT2D eigenvalue weighted by Gasteiger charge is -2.17. The molecule has 0 spiro atoms. The zero-order chi connectivity index (χ0) is 11.3. The van der Waals surface area contributed by atoms with Crippen molar-refractivity contribution in [2.24, 2.45) is 5.84 Å². The average Bonchev–Trinajstić information content (AvgIpc) is 2.17. The van der Waals surface area contributed by atoms with Crippen molar-refractivity contribution in [3.63, 3.8) is 0 Å². The van der Waals surface area contributed by atoms with Crippen molar-refractivity contribution in [1.82, 2.24) is 9.88 Å². The molecule has 0 saturated carbocycles. The van der Waals surface area contributed by atoms with Crippen LogP contribution >= 0.6 is 0 Å². The van der Waals surface area contributed by atoms with E-state index in [1.165, 1.54) is 4.90 Å². The van der Waals surface area contributed by atoms with Crippen LogP contribution in [0.15, 0.2) is 18.3 Å². The van der Waals surface area contributed by atoms with E-state index in [9.17, 15) is 8.78 Å². The summed E-state index contributed by atoms with van der Waals surface area (Å²) < 4.78 is 24.1. The molecule has 1 aromatic rings. The highest BCUT2D eigenvalue weighted by molar-refractivity contribution is 5.42. The molecule has 0 aliphatic carbocycles. The molecule has 4 nitrogen and oxygen atoms in total. The topological polar surface area (TPSA) is 54.2 Å². The summed E-state index contributed by atoms with van der Waals surface area (Å²) in [6, 6.07) is 3.54. The maximum absolute atomic E-state index is 12.1. The molecule has 1 aromatic heterocycles. The number of hydrogen-bond acceptors (Lipinski definition) is 4. The van der Waals surface area contributed by atoms with Crippen LogP contribution in [0.3, 0.4) is 0 Å². The molecule has 1 rings (SSSR count). The fourth-order valence-electron chi connectivity index (χ4n) is 1.29. The number of rotatable bonds is 5. The number of halogens is 2. The first-order chi connectivity index (χ1) is 7.13. The molecule has 0 fully saturated rings. The average molecular weight is 216 g/mol. The normalized spacial score (nSPS) is 11.1. The number of nitrogens with one attached hydrogen (secondary N) is 1. The van der Waals surface area contributed by atoms with Gasteiger partial charge in [-0.05, 0) is 13.1 Å². The van der Waals surface area contributed by atoms with Crippen LogP contribution in [0.4, 0.5) is 14.6 Å². The number of nitrogen functional groups attached to an aromatic ring is 1. The van der Waals surface area contributed by atoms with Gasteiger partial charge in [-0.2, -0.15) is 0 Å². The van der Waals surface area contributed by atoms with Gasteiger partial charge in [0.05, 0.1) is 6.54 Å². The number of nitrogens with two attached hydrogens (primary N) is 1. The van der Waals surface area contributed by atoms with Gasteiger partial charge < -0.3 is 5.43 Å². The highest BCUT2D eigenvalue weighted by atomic mass is 19.3. The van der Waals surface area contributed by atoms with E-state index in [1.807, 2.05) is 0 Å². The van der Waals surface area contributed by atoms with E-state index in [1.54, 1.807) is 25.4 Å². The number of hydrazine groups is 1. The Morgan fingerprint density at radius 3 is 2.93 bits per heavy atom. The van der Waals surface area contributed by atoms with Crippen LogP contribution in [-0.4, -0.2) is 29.9 Å². The Bertz CT molecular complexity index is 306. The molecule has 0 amide bonds. The summed E-state index contributed by atoms with van der Waals surface area (Å²) in [7, 11) is 1.62. The monoisotopic (exact) mass is 216 g/mol. The van der Waals surface area contributed by atoms with Crippen LogP contribution in [0, 0.1) is 0 Å². The first-order valence-electron chi connectivity index (χ1n) is 4.50. The number of pyridine rings is 1. The van der Waals surface area contributed by atoms with Crippen LogP contribution in [0.25, 0.3) is 0 Å². The largest absolute Gasteiger partial charge is 0.308 e. The van der Waals surface area contributed by atoms with Crippen LogP contribution in [0.5, 0.6) is 0 Å². The highest BCUT2D eigenvalue weighted by Gasteiger charge is 2.10. The van der Waals surface area contributed by atoms with Crippen molar-refractivity contribution in [1.29, 1.82) is 0 Å². The number of anilines is 1. The minimum atomic E-state index is -2.33. The number of hydrogen-bond donors (Lipinski definition) is 2. The van der Waals surface area contributed by atoms with Crippen molar-refractivity contribution in [3.8, 4) is 0 Å². The minimum absolute atomic E-state index is 0.265. The molecule has 6 heteroatoms. The minimum Gasteiger partial charge on any atom is -0.308 e. The molecule has 0 saturated heterocycles. The van der Waals surface area contributed by atoms with Crippen LogP contribution < -0.4 is 11.3 Å². The van der Waals surface area contributed by atoms with Crippen LogP contribution in [0.1, 0.15) is 5.56 Å². The third-order valence-electron chi connectivity index (χ3n) is 1.92. The molecule has 84 valence electrons. The van der Waals surface area contributed by atoms with Gasteiger partial charge in [-0.15, -0.1) is 0 Å². The van der Waals surface area contributed by atoms with Crippen molar-refractivity contribution in [2.75, 3.05) is 19.0 Å². The number of alkyl halides is 2. The Morgan fingerprint density at radius 1 is 1.60 bits per heavy atom. The summed E-state index contributed by atoms with van der Waals surface area (Å²) in [5.41, 5.74) is 3.22. The third-order valence-corrected chi connectivity index (χ3v) is 1.92. The van der Waals surface area contributed by atoms with Crippen molar-refractivity contribution in [2.45, 2.75) is 13.0 Å². The summed E-state index contributed by atoms with van der Waals surface area (Å²) in [5.74, 6) is 5.76. The van der Waals surface area contributed by atoms with Gasteiger partial charge in [0, 0.05) is 18.3 Å². The Labute approximate surface area is 87.1 Å². The molecule has 0 bridgehead atoms. The van der Waals surface area contributed by atoms with Crippen molar-refractivity contribution < 1.29 is 8.78 Å². The number of aromatic nitrogens is 1. The summed E-state index contributed by atoms with van der Waals surface area (Å²) in [6.07, 6.45) is -0.743. The predicted octanol–water partition coefficient (Wildman–Crippen LogP) is 1.06. The molecule has 15 heavy (non-hydrogen) atoms. The first kappa shape index (κ1) is 11.8.